The number of carbonyl (C=O) groups excluding carboxylic acids is 2. The van der Waals surface area contributed by atoms with E-state index in [1.807, 2.05) is 31.2 Å². The molecule has 1 aliphatic carbocycles. The third-order valence-corrected chi connectivity index (χ3v) is 4.17. The summed E-state index contributed by atoms with van der Waals surface area (Å²) >= 11 is 0. The van der Waals surface area contributed by atoms with Crippen LogP contribution in [0.5, 0.6) is 0 Å². The molecular weight excluding hydrogens is 350 g/mol. The van der Waals surface area contributed by atoms with Gasteiger partial charge in [-0.05, 0) is 49.2 Å². The predicted octanol–water partition coefficient (Wildman–Crippen LogP) is 3.82. The minimum absolute atomic E-state index is 0. The molecule has 0 aromatic heterocycles. The summed E-state index contributed by atoms with van der Waals surface area (Å²) in [7, 11) is 0. The maximum Gasteiger partial charge on any atom is 0.255 e. The van der Waals surface area contributed by atoms with Crippen molar-refractivity contribution in [2.45, 2.75) is 26.3 Å². The number of rotatable bonds is 7. The molecule has 3 rings (SSSR count). The first-order chi connectivity index (χ1) is 12.2. The van der Waals surface area contributed by atoms with E-state index in [1.165, 1.54) is 0 Å². The zero-order valence-corrected chi connectivity index (χ0v) is 15.6. The summed E-state index contributed by atoms with van der Waals surface area (Å²) in [5, 5.41) is 9.10. The number of benzene rings is 2. The van der Waals surface area contributed by atoms with E-state index in [1.54, 1.807) is 24.3 Å². The van der Waals surface area contributed by atoms with Crippen molar-refractivity contribution < 1.29 is 9.59 Å². The van der Waals surface area contributed by atoms with Gasteiger partial charge in [0, 0.05) is 29.4 Å². The van der Waals surface area contributed by atoms with Gasteiger partial charge in [0.2, 0.25) is 5.91 Å². The molecule has 1 fully saturated rings. The molecule has 3 N–H and O–H groups in total. The standard InChI is InChI=1S/C20H23N3O2.ClH/c1-2-21-13-16-6-3-4-9-18(16)23-20(25)15-7-5-8-17(12-15)22-19(24)14-10-11-14;/h3-9,12,14,21H,2,10-11,13H2,1H3,(H,22,24)(H,23,25);1H. The maximum absolute atomic E-state index is 12.6. The van der Waals surface area contributed by atoms with Crippen molar-refractivity contribution in [1.82, 2.24) is 5.32 Å². The van der Waals surface area contributed by atoms with E-state index in [0.717, 1.165) is 30.6 Å². The number of nitrogens with one attached hydrogen (secondary N) is 3. The molecule has 26 heavy (non-hydrogen) atoms. The van der Waals surface area contributed by atoms with Crippen LogP contribution in [0, 0.1) is 5.92 Å². The van der Waals surface area contributed by atoms with Crippen molar-refractivity contribution in [2.75, 3.05) is 17.2 Å². The summed E-state index contributed by atoms with van der Waals surface area (Å²) in [6.45, 7) is 3.61. The number of amides is 2. The minimum Gasteiger partial charge on any atom is -0.326 e. The molecule has 2 amide bonds. The van der Waals surface area contributed by atoms with Crippen molar-refractivity contribution in [1.29, 1.82) is 0 Å². The molecule has 0 aliphatic heterocycles. The van der Waals surface area contributed by atoms with Gasteiger partial charge in [-0.2, -0.15) is 0 Å². The van der Waals surface area contributed by atoms with Crippen LogP contribution in [0.15, 0.2) is 48.5 Å². The monoisotopic (exact) mass is 373 g/mol. The highest BCUT2D eigenvalue weighted by Crippen LogP contribution is 2.30. The smallest absolute Gasteiger partial charge is 0.255 e. The summed E-state index contributed by atoms with van der Waals surface area (Å²) in [4.78, 5) is 24.5. The van der Waals surface area contributed by atoms with Gasteiger partial charge in [0.1, 0.15) is 0 Å². The second-order valence-electron chi connectivity index (χ2n) is 6.24. The van der Waals surface area contributed by atoms with Crippen LogP contribution in [-0.4, -0.2) is 18.4 Å². The van der Waals surface area contributed by atoms with Crippen molar-refractivity contribution in [3.05, 3.63) is 59.7 Å². The Balaban J connectivity index is 0.00000243. The highest BCUT2D eigenvalue weighted by Gasteiger charge is 2.29. The van der Waals surface area contributed by atoms with E-state index >= 15 is 0 Å². The lowest BCUT2D eigenvalue weighted by molar-refractivity contribution is -0.117. The van der Waals surface area contributed by atoms with E-state index in [-0.39, 0.29) is 30.1 Å². The van der Waals surface area contributed by atoms with Crippen LogP contribution in [0.2, 0.25) is 0 Å². The Morgan fingerprint density at radius 1 is 1.04 bits per heavy atom. The molecule has 2 aromatic carbocycles. The lowest BCUT2D eigenvalue weighted by atomic mass is 10.1. The third kappa shape index (κ3) is 5.31. The molecule has 0 unspecified atom stereocenters. The zero-order chi connectivity index (χ0) is 17.6. The van der Waals surface area contributed by atoms with Crippen molar-refractivity contribution in [2.24, 2.45) is 5.92 Å². The SMILES string of the molecule is CCNCc1ccccc1NC(=O)c1cccc(NC(=O)C2CC2)c1.Cl. The van der Waals surface area contributed by atoms with Gasteiger partial charge in [-0.25, -0.2) is 0 Å². The third-order valence-electron chi connectivity index (χ3n) is 4.17. The first-order valence-electron chi connectivity index (χ1n) is 8.68. The number of para-hydroxylation sites is 1. The lowest BCUT2D eigenvalue weighted by Gasteiger charge is -2.12. The predicted molar refractivity (Wildman–Crippen MR) is 107 cm³/mol. The van der Waals surface area contributed by atoms with E-state index in [0.29, 0.717) is 17.8 Å². The summed E-state index contributed by atoms with van der Waals surface area (Å²) in [6, 6.07) is 14.8. The second-order valence-corrected chi connectivity index (χ2v) is 6.24. The Hall–Kier alpha value is -2.37. The van der Waals surface area contributed by atoms with Gasteiger partial charge in [0.05, 0.1) is 0 Å². The highest BCUT2D eigenvalue weighted by molar-refractivity contribution is 6.05. The van der Waals surface area contributed by atoms with Crippen LogP contribution in [-0.2, 0) is 11.3 Å². The van der Waals surface area contributed by atoms with Crippen LogP contribution < -0.4 is 16.0 Å². The molecule has 1 saturated carbocycles. The van der Waals surface area contributed by atoms with Gasteiger partial charge in [-0.1, -0.05) is 31.2 Å². The summed E-state index contributed by atoms with van der Waals surface area (Å²) in [6.07, 6.45) is 1.91. The Morgan fingerprint density at radius 2 is 1.81 bits per heavy atom. The average Bonchev–Trinajstić information content (AvgIpc) is 3.46. The molecule has 1 aliphatic rings. The van der Waals surface area contributed by atoms with Gasteiger partial charge >= 0.3 is 0 Å². The van der Waals surface area contributed by atoms with Crippen LogP contribution in [0.25, 0.3) is 0 Å². The fourth-order valence-corrected chi connectivity index (χ4v) is 2.58. The molecule has 5 nitrogen and oxygen atoms in total. The zero-order valence-electron chi connectivity index (χ0n) is 14.7. The molecule has 0 bridgehead atoms. The second kappa shape index (κ2) is 9.36. The van der Waals surface area contributed by atoms with Crippen molar-refractivity contribution in [3.8, 4) is 0 Å². The van der Waals surface area contributed by atoms with Gasteiger partial charge in [-0.3, -0.25) is 9.59 Å². The summed E-state index contributed by atoms with van der Waals surface area (Å²) < 4.78 is 0. The fourth-order valence-electron chi connectivity index (χ4n) is 2.58. The van der Waals surface area contributed by atoms with Crippen LogP contribution >= 0.6 is 12.4 Å². The Kier molecular flexibility index (Phi) is 7.18. The number of hydrogen-bond donors (Lipinski definition) is 3. The minimum atomic E-state index is -0.188. The highest BCUT2D eigenvalue weighted by atomic mass is 35.5. The topological polar surface area (TPSA) is 70.2 Å². The Labute approximate surface area is 160 Å². The Bertz CT molecular complexity index is 775. The first-order valence-corrected chi connectivity index (χ1v) is 8.68. The number of hydrogen-bond acceptors (Lipinski definition) is 3. The molecule has 2 aromatic rings. The first kappa shape index (κ1) is 19.9. The normalized spacial score (nSPS) is 12.8. The van der Waals surface area contributed by atoms with Crippen molar-refractivity contribution >= 4 is 35.6 Å². The van der Waals surface area contributed by atoms with E-state index in [4.69, 9.17) is 0 Å². The van der Waals surface area contributed by atoms with Crippen LogP contribution in [0.4, 0.5) is 11.4 Å². The summed E-state index contributed by atoms with van der Waals surface area (Å²) in [5.41, 5.74) is 3.01. The molecule has 0 spiro atoms. The van der Waals surface area contributed by atoms with Gasteiger partial charge in [0.25, 0.3) is 5.91 Å². The van der Waals surface area contributed by atoms with Gasteiger partial charge in [-0.15, -0.1) is 12.4 Å². The number of anilines is 2. The summed E-state index contributed by atoms with van der Waals surface area (Å²) in [5.74, 6) is -0.0181. The van der Waals surface area contributed by atoms with Crippen LogP contribution in [0.1, 0.15) is 35.7 Å². The quantitative estimate of drug-likeness (QED) is 0.691. The largest absolute Gasteiger partial charge is 0.326 e. The van der Waals surface area contributed by atoms with E-state index in [9.17, 15) is 9.59 Å². The molecule has 138 valence electrons. The van der Waals surface area contributed by atoms with Crippen molar-refractivity contribution in [3.63, 3.8) is 0 Å². The molecule has 0 saturated heterocycles. The molecule has 0 heterocycles. The maximum atomic E-state index is 12.6. The molecule has 0 atom stereocenters. The lowest BCUT2D eigenvalue weighted by Crippen LogP contribution is -2.18. The Morgan fingerprint density at radius 3 is 2.54 bits per heavy atom. The van der Waals surface area contributed by atoms with Crippen LogP contribution in [0.3, 0.4) is 0 Å². The molecule has 0 radical (unpaired) electrons. The number of halogens is 1. The van der Waals surface area contributed by atoms with Gasteiger partial charge < -0.3 is 16.0 Å². The van der Waals surface area contributed by atoms with Gasteiger partial charge in [0.15, 0.2) is 0 Å². The number of carbonyl (C=O) groups is 2. The van der Waals surface area contributed by atoms with E-state index in [2.05, 4.69) is 16.0 Å². The fraction of sp³-hybridized carbons (Fsp3) is 0.300. The molecule has 6 heteroatoms. The average molecular weight is 374 g/mol. The van der Waals surface area contributed by atoms with E-state index < -0.39 is 0 Å². The molecular formula is C20H24ClN3O2.